The van der Waals surface area contributed by atoms with Gasteiger partial charge in [0.1, 0.15) is 11.2 Å². The van der Waals surface area contributed by atoms with Crippen molar-refractivity contribution in [3.63, 3.8) is 0 Å². The maximum atomic E-state index is 7.04. The number of hydrogen-bond donors (Lipinski definition) is 0. The van der Waals surface area contributed by atoms with E-state index in [-0.39, 0.29) is 5.41 Å². The van der Waals surface area contributed by atoms with E-state index in [1.165, 1.54) is 84.6 Å². The van der Waals surface area contributed by atoms with Gasteiger partial charge in [-0.05, 0) is 87.6 Å². The van der Waals surface area contributed by atoms with Crippen molar-refractivity contribution >= 4 is 113 Å². The van der Waals surface area contributed by atoms with E-state index in [4.69, 9.17) is 4.42 Å². The lowest BCUT2D eigenvalue weighted by molar-refractivity contribution is 0.660. The van der Waals surface area contributed by atoms with Crippen molar-refractivity contribution in [1.82, 2.24) is 0 Å². The Morgan fingerprint density at radius 2 is 1.05 bits per heavy atom. The molecule has 3 aromatic heterocycles. The third-order valence-corrected chi connectivity index (χ3v) is 15.3. The highest BCUT2D eigenvalue weighted by atomic mass is 32.1. The molecule has 0 fully saturated rings. The Labute approximate surface area is 348 Å². The fourth-order valence-corrected chi connectivity index (χ4v) is 12.5. The van der Waals surface area contributed by atoms with Gasteiger partial charge in [-0.25, -0.2) is 0 Å². The monoisotopic (exact) mass is 789 g/mol. The van der Waals surface area contributed by atoms with Crippen LogP contribution in [0.4, 0.5) is 17.1 Å². The third-order valence-electron chi connectivity index (χ3n) is 12.8. The Kier molecular flexibility index (Phi) is 6.85. The summed E-state index contributed by atoms with van der Waals surface area (Å²) >= 11 is 3.74. The Morgan fingerprint density at radius 1 is 0.441 bits per heavy atom. The molecule has 3 heterocycles. The Hall–Kier alpha value is -6.72. The van der Waals surface area contributed by atoms with E-state index in [0.717, 1.165) is 38.9 Å². The Balaban J connectivity index is 1.08. The molecule has 2 nitrogen and oxygen atoms in total. The minimum atomic E-state index is -0.128. The molecule has 0 unspecified atom stereocenters. The van der Waals surface area contributed by atoms with Gasteiger partial charge < -0.3 is 9.32 Å². The van der Waals surface area contributed by atoms with Crippen molar-refractivity contribution in [2.24, 2.45) is 0 Å². The maximum absolute atomic E-state index is 7.04. The first-order valence-corrected chi connectivity index (χ1v) is 21.9. The van der Waals surface area contributed by atoms with Crippen LogP contribution in [0.3, 0.4) is 0 Å². The predicted molar refractivity (Wildman–Crippen MR) is 255 cm³/mol. The van der Waals surface area contributed by atoms with Crippen LogP contribution in [0.15, 0.2) is 180 Å². The van der Waals surface area contributed by atoms with Crippen LogP contribution in [0.2, 0.25) is 0 Å². The van der Waals surface area contributed by atoms with Crippen LogP contribution in [-0.4, -0.2) is 0 Å². The highest BCUT2D eigenvalue weighted by Gasteiger charge is 2.36. The van der Waals surface area contributed by atoms with E-state index in [0.29, 0.717) is 0 Å². The summed E-state index contributed by atoms with van der Waals surface area (Å²) in [5.74, 6) is 0. The molecule has 13 rings (SSSR count). The molecule has 9 aromatic carbocycles. The molecule has 0 N–H and O–H groups in total. The molecule has 278 valence electrons. The zero-order chi connectivity index (χ0) is 39.0. The standard InChI is InChI=1S/C55H35NOS2/c1-55(2)45-21-8-5-15-36(45)37-27-25-34(31-46(37)55)56(47-22-12-19-41-39-17-7-10-24-50(39)59-54(41)47)33-26-28-48-43(30-33)44-29-32-13-3-4-14-35(32)51(52(44)57-48)42-20-11-18-40-38-16-6-9-23-49(38)58-53(40)42/h3-31H,1-2H3. The first-order valence-electron chi connectivity index (χ1n) is 20.2. The van der Waals surface area contributed by atoms with Crippen LogP contribution in [0.1, 0.15) is 25.0 Å². The van der Waals surface area contributed by atoms with Crippen molar-refractivity contribution in [2.75, 3.05) is 4.90 Å². The quantitative estimate of drug-likeness (QED) is 0.177. The molecule has 0 saturated heterocycles. The number of thiophene rings is 2. The van der Waals surface area contributed by atoms with Crippen LogP contribution in [-0.2, 0) is 5.41 Å². The molecule has 12 aromatic rings. The first-order chi connectivity index (χ1) is 29.0. The van der Waals surface area contributed by atoms with Crippen molar-refractivity contribution in [2.45, 2.75) is 19.3 Å². The average Bonchev–Trinajstić information content (AvgIpc) is 4.02. The minimum Gasteiger partial charge on any atom is -0.455 e. The van der Waals surface area contributed by atoms with Gasteiger partial charge >= 0.3 is 0 Å². The molecule has 1 aliphatic carbocycles. The summed E-state index contributed by atoms with van der Waals surface area (Å²) in [5.41, 5.74) is 12.8. The Bertz CT molecular complexity index is 3730. The fraction of sp³-hybridized carbons (Fsp3) is 0.0545. The van der Waals surface area contributed by atoms with Crippen molar-refractivity contribution in [1.29, 1.82) is 0 Å². The summed E-state index contributed by atoms with van der Waals surface area (Å²) in [6.07, 6.45) is 0. The summed E-state index contributed by atoms with van der Waals surface area (Å²) in [7, 11) is 0. The SMILES string of the molecule is CC1(C)c2ccccc2-c2ccc(N(c3ccc4oc5c(-c6cccc7c6sc6ccccc67)c6ccccc6cc5c4c3)c3cccc4c3sc3ccccc34)cc21. The van der Waals surface area contributed by atoms with Crippen LogP contribution >= 0.6 is 22.7 Å². The molecular formula is C55H35NOS2. The number of anilines is 3. The zero-order valence-corrected chi connectivity index (χ0v) is 34.0. The molecule has 0 atom stereocenters. The summed E-state index contributed by atoms with van der Waals surface area (Å²) in [5, 5.41) is 9.79. The highest BCUT2D eigenvalue weighted by Crippen LogP contribution is 2.53. The van der Waals surface area contributed by atoms with Gasteiger partial charge in [-0.2, -0.15) is 0 Å². The number of rotatable bonds is 4. The van der Waals surface area contributed by atoms with Gasteiger partial charge in [0.2, 0.25) is 0 Å². The number of hydrogen-bond acceptors (Lipinski definition) is 4. The van der Waals surface area contributed by atoms with Gasteiger partial charge in [-0.15, -0.1) is 22.7 Å². The molecule has 0 amide bonds. The largest absolute Gasteiger partial charge is 0.455 e. The van der Waals surface area contributed by atoms with Crippen LogP contribution in [0.5, 0.6) is 0 Å². The molecule has 0 spiro atoms. The van der Waals surface area contributed by atoms with E-state index in [1.54, 1.807) is 0 Å². The molecule has 0 saturated carbocycles. The normalized spacial score (nSPS) is 13.4. The summed E-state index contributed by atoms with van der Waals surface area (Å²) in [4.78, 5) is 2.48. The fourth-order valence-electron chi connectivity index (χ4n) is 10.1. The second-order valence-electron chi connectivity index (χ2n) is 16.4. The number of furan rings is 1. The van der Waals surface area contributed by atoms with Crippen molar-refractivity contribution < 1.29 is 4.42 Å². The highest BCUT2D eigenvalue weighted by molar-refractivity contribution is 7.26. The number of nitrogens with zero attached hydrogens (tertiary/aromatic N) is 1. The summed E-state index contributed by atoms with van der Waals surface area (Å²) < 4.78 is 12.2. The average molecular weight is 790 g/mol. The number of benzene rings is 9. The van der Waals surface area contributed by atoms with Gasteiger partial charge in [-0.3, -0.25) is 0 Å². The first kappa shape index (κ1) is 33.3. The zero-order valence-electron chi connectivity index (χ0n) is 32.4. The maximum Gasteiger partial charge on any atom is 0.143 e. The number of fused-ring (bicyclic) bond motifs is 13. The van der Waals surface area contributed by atoms with E-state index in [2.05, 4.69) is 195 Å². The van der Waals surface area contributed by atoms with Crippen LogP contribution < -0.4 is 4.90 Å². The van der Waals surface area contributed by atoms with E-state index >= 15 is 0 Å². The molecule has 4 heteroatoms. The predicted octanol–water partition coefficient (Wildman–Crippen LogP) is 16.9. The van der Waals surface area contributed by atoms with Gasteiger partial charge in [-0.1, -0.05) is 135 Å². The molecule has 0 bridgehead atoms. The molecule has 0 aliphatic heterocycles. The second-order valence-corrected chi connectivity index (χ2v) is 18.5. The van der Waals surface area contributed by atoms with E-state index in [9.17, 15) is 0 Å². The molecule has 59 heavy (non-hydrogen) atoms. The summed E-state index contributed by atoms with van der Waals surface area (Å²) in [6.45, 7) is 4.73. The van der Waals surface area contributed by atoms with Gasteiger partial charge in [0.15, 0.2) is 0 Å². The van der Waals surface area contributed by atoms with Crippen molar-refractivity contribution in [3.05, 3.63) is 187 Å². The van der Waals surface area contributed by atoms with Crippen LogP contribution in [0.25, 0.3) is 95.3 Å². The summed E-state index contributed by atoms with van der Waals surface area (Å²) in [6, 6.07) is 65.0. The van der Waals surface area contributed by atoms with E-state index in [1.807, 2.05) is 22.7 Å². The van der Waals surface area contributed by atoms with E-state index < -0.39 is 0 Å². The molecule has 1 aliphatic rings. The van der Waals surface area contributed by atoms with Crippen LogP contribution in [0, 0.1) is 0 Å². The topological polar surface area (TPSA) is 16.4 Å². The third kappa shape index (κ3) is 4.67. The van der Waals surface area contributed by atoms with Gasteiger partial charge in [0.05, 0.1) is 10.4 Å². The lowest BCUT2D eigenvalue weighted by atomic mass is 9.82. The lowest BCUT2D eigenvalue weighted by Gasteiger charge is -2.28. The molecular weight excluding hydrogens is 755 g/mol. The molecule has 0 radical (unpaired) electrons. The Morgan fingerprint density at radius 3 is 1.88 bits per heavy atom. The smallest absolute Gasteiger partial charge is 0.143 e. The van der Waals surface area contributed by atoms with Gasteiger partial charge in [0.25, 0.3) is 0 Å². The van der Waals surface area contributed by atoms with Crippen molar-refractivity contribution in [3.8, 4) is 22.3 Å². The minimum absolute atomic E-state index is 0.128. The van der Waals surface area contributed by atoms with Gasteiger partial charge in [0, 0.05) is 74.3 Å². The lowest BCUT2D eigenvalue weighted by Crippen LogP contribution is -2.16. The second kappa shape index (κ2) is 12.2.